The lowest BCUT2D eigenvalue weighted by Crippen LogP contribution is -2.50. The standard InChI is InChI=1S/C22H20ClN3O3S/c23-16-7-4-8-17(13-16)25-9-11-26(12-10-25)22(29)24-18-14-19(30-20(18)21(27)28)15-5-2-1-3-6-15/h1-8,13-14H,9-12H2,(H,24,29)(H,27,28). The van der Waals surface area contributed by atoms with E-state index >= 15 is 0 Å². The predicted octanol–water partition coefficient (Wildman–Crippen LogP) is 5.12. The summed E-state index contributed by atoms with van der Waals surface area (Å²) in [5.41, 5.74) is 2.27. The van der Waals surface area contributed by atoms with Crippen LogP contribution >= 0.6 is 22.9 Å². The first-order chi connectivity index (χ1) is 14.5. The fraction of sp³-hybridized carbons (Fsp3) is 0.182. The summed E-state index contributed by atoms with van der Waals surface area (Å²) in [5.74, 6) is -1.05. The summed E-state index contributed by atoms with van der Waals surface area (Å²) in [7, 11) is 0. The van der Waals surface area contributed by atoms with Crippen LogP contribution in [-0.4, -0.2) is 48.2 Å². The SMILES string of the molecule is O=C(O)c1sc(-c2ccccc2)cc1NC(=O)N1CCN(c2cccc(Cl)c2)CC1. The Hall–Kier alpha value is -3.03. The molecular formula is C22H20ClN3O3S. The van der Waals surface area contributed by atoms with Crippen molar-refractivity contribution in [1.29, 1.82) is 0 Å². The minimum atomic E-state index is -1.05. The van der Waals surface area contributed by atoms with E-state index in [1.54, 1.807) is 11.0 Å². The maximum Gasteiger partial charge on any atom is 0.348 e. The van der Waals surface area contributed by atoms with Gasteiger partial charge in [-0.1, -0.05) is 48.0 Å². The Labute approximate surface area is 183 Å². The summed E-state index contributed by atoms with van der Waals surface area (Å²) >= 11 is 7.23. The van der Waals surface area contributed by atoms with Crippen molar-refractivity contribution in [2.75, 3.05) is 36.4 Å². The molecule has 1 fully saturated rings. The Bertz CT molecular complexity index is 1060. The van der Waals surface area contributed by atoms with Crippen molar-refractivity contribution in [3.05, 3.63) is 70.6 Å². The smallest absolute Gasteiger partial charge is 0.348 e. The predicted molar refractivity (Wildman–Crippen MR) is 121 cm³/mol. The molecule has 1 aliphatic heterocycles. The average molecular weight is 442 g/mol. The van der Waals surface area contributed by atoms with Gasteiger partial charge in [0.25, 0.3) is 0 Å². The Balaban J connectivity index is 1.44. The molecule has 1 aromatic heterocycles. The van der Waals surface area contributed by atoms with Crippen LogP contribution in [-0.2, 0) is 0 Å². The lowest BCUT2D eigenvalue weighted by molar-refractivity contribution is 0.0703. The number of carbonyl (C=O) groups is 2. The number of piperazine rings is 1. The van der Waals surface area contributed by atoms with E-state index in [2.05, 4.69) is 10.2 Å². The molecule has 0 aliphatic carbocycles. The maximum absolute atomic E-state index is 12.8. The number of carbonyl (C=O) groups excluding carboxylic acids is 1. The number of nitrogens with one attached hydrogen (secondary N) is 1. The van der Waals surface area contributed by atoms with Crippen LogP contribution in [0.3, 0.4) is 0 Å². The van der Waals surface area contributed by atoms with Gasteiger partial charge in [-0.3, -0.25) is 0 Å². The zero-order valence-corrected chi connectivity index (χ0v) is 17.6. The Morgan fingerprint density at radius 2 is 1.70 bits per heavy atom. The first-order valence-corrected chi connectivity index (χ1v) is 10.7. The third-order valence-electron chi connectivity index (χ3n) is 4.97. The molecule has 3 aromatic rings. The zero-order chi connectivity index (χ0) is 21.1. The molecule has 6 nitrogen and oxygen atoms in total. The fourth-order valence-corrected chi connectivity index (χ4v) is 4.56. The Kier molecular flexibility index (Phi) is 5.92. The summed E-state index contributed by atoms with van der Waals surface area (Å²) in [6.45, 7) is 2.43. The van der Waals surface area contributed by atoms with Crippen molar-refractivity contribution in [3.8, 4) is 10.4 Å². The van der Waals surface area contributed by atoms with Gasteiger partial charge < -0.3 is 20.2 Å². The summed E-state index contributed by atoms with van der Waals surface area (Å²) in [5, 5.41) is 13.0. The number of rotatable bonds is 4. The van der Waals surface area contributed by atoms with E-state index in [1.807, 2.05) is 54.6 Å². The van der Waals surface area contributed by atoms with Gasteiger partial charge in [0.1, 0.15) is 4.88 Å². The van der Waals surface area contributed by atoms with Gasteiger partial charge in [0.05, 0.1) is 5.69 Å². The zero-order valence-electron chi connectivity index (χ0n) is 16.0. The first kappa shape index (κ1) is 20.3. The average Bonchev–Trinajstić information content (AvgIpc) is 3.18. The van der Waals surface area contributed by atoms with E-state index in [4.69, 9.17) is 11.6 Å². The van der Waals surface area contributed by atoms with Crippen molar-refractivity contribution in [3.63, 3.8) is 0 Å². The molecule has 1 aliphatic rings. The lowest BCUT2D eigenvalue weighted by atomic mass is 10.2. The van der Waals surface area contributed by atoms with Gasteiger partial charge in [-0.2, -0.15) is 0 Å². The van der Waals surface area contributed by atoms with E-state index in [-0.39, 0.29) is 10.9 Å². The maximum atomic E-state index is 12.8. The number of nitrogens with zero attached hydrogens (tertiary/aromatic N) is 2. The van der Waals surface area contributed by atoms with Crippen LogP contribution < -0.4 is 10.2 Å². The van der Waals surface area contributed by atoms with Crippen LogP contribution in [0, 0.1) is 0 Å². The number of halogens is 1. The van der Waals surface area contributed by atoms with Crippen molar-refractivity contribution in [2.45, 2.75) is 0 Å². The summed E-state index contributed by atoms with van der Waals surface area (Å²) in [6.07, 6.45) is 0. The van der Waals surface area contributed by atoms with Crippen molar-refractivity contribution in [1.82, 2.24) is 4.90 Å². The molecule has 2 N–H and O–H groups in total. The molecule has 154 valence electrons. The normalized spacial score (nSPS) is 13.9. The number of hydrogen-bond acceptors (Lipinski definition) is 4. The van der Waals surface area contributed by atoms with Gasteiger partial charge in [-0.05, 0) is 29.8 Å². The van der Waals surface area contributed by atoms with Gasteiger partial charge >= 0.3 is 12.0 Å². The number of carboxylic acid groups (broad SMARTS) is 1. The van der Waals surface area contributed by atoms with E-state index in [0.717, 1.165) is 27.5 Å². The highest BCUT2D eigenvalue weighted by Gasteiger charge is 2.24. The van der Waals surface area contributed by atoms with Gasteiger partial charge in [0.2, 0.25) is 0 Å². The minimum Gasteiger partial charge on any atom is -0.477 e. The number of urea groups is 1. The minimum absolute atomic E-state index is 0.125. The molecule has 0 saturated carbocycles. The molecule has 2 amide bonds. The topological polar surface area (TPSA) is 72.9 Å². The largest absolute Gasteiger partial charge is 0.477 e. The van der Waals surface area contributed by atoms with Crippen LogP contribution in [0.5, 0.6) is 0 Å². The molecule has 2 aromatic carbocycles. The van der Waals surface area contributed by atoms with Gasteiger partial charge in [0, 0.05) is 41.8 Å². The lowest BCUT2D eigenvalue weighted by Gasteiger charge is -2.36. The van der Waals surface area contributed by atoms with Gasteiger partial charge in [-0.25, -0.2) is 9.59 Å². The molecule has 0 bridgehead atoms. The third kappa shape index (κ3) is 4.42. The molecule has 0 unspecified atom stereocenters. The highest BCUT2D eigenvalue weighted by atomic mass is 35.5. The first-order valence-electron chi connectivity index (χ1n) is 9.50. The van der Waals surface area contributed by atoms with E-state index in [1.165, 1.54) is 0 Å². The highest BCUT2D eigenvalue weighted by Crippen LogP contribution is 2.35. The second kappa shape index (κ2) is 8.77. The number of hydrogen-bond donors (Lipinski definition) is 2. The number of thiophene rings is 1. The molecule has 0 spiro atoms. The summed E-state index contributed by atoms with van der Waals surface area (Å²) < 4.78 is 0. The third-order valence-corrected chi connectivity index (χ3v) is 6.37. The number of carboxylic acids is 1. The Morgan fingerprint density at radius 3 is 2.37 bits per heavy atom. The van der Waals surface area contributed by atoms with Crippen molar-refractivity contribution >= 4 is 46.3 Å². The molecule has 0 radical (unpaired) electrons. The molecule has 1 saturated heterocycles. The van der Waals surface area contributed by atoms with Crippen LogP contribution in [0.2, 0.25) is 5.02 Å². The number of aromatic carboxylic acids is 1. The van der Waals surface area contributed by atoms with E-state index in [0.29, 0.717) is 36.9 Å². The molecule has 4 rings (SSSR count). The highest BCUT2D eigenvalue weighted by molar-refractivity contribution is 7.18. The molecule has 0 atom stereocenters. The van der Waals surface area contributed by atoms with Crippen LogP contribution in [0.1, 0.15) is 9.67 Å². The van der Waals surface area contributed by atoms with Gasteiger partial charge in [0.15, 0.2) is 0 Å². The molecule has 8 heteroatoms. The van der Waals surface area contributed by atoms with Crippen molar-refractivity contribution < 1.29 is 14.7 Å². The summed E-state index contributed by atoms with van der Waals surface area (Å²) in [4.78, 5) is 29.3. The second-order valence-corrected chi connectivity index (χ2v) is 8.40. The molecular weight excluding hydrogens is 422 g/mol. The van der Waals surface area contributed by atoms with Crippen LogP contribution in [0.15, 0.2) is 60.7 Å². The van der Waals surface area contributed by atoms with Crippen molar-refractivity contribution in [2.24, 2.45) is 0 Å². The van der Waals surface area contributed by atoms with Crippen LogP contribution in [0.4, 0.5) is 16.2 Å². The second-order valence-electron chi connectivity index (χ2n) is 6.91. The van der Waals surface area contributed by atoms with Gasteiger partial charge in [-0.15, -0.1) is 11.3 Å². The number of amides is 2. The fourth-order valence-electron chi connectivity index (χ4n) is 3.42. The monoisotopic (exact) mass is 441 g/mol. The Morgan fingerprint density at radius 1 is 0.967 bits per heavy atom. The molecule has 30 heavy (non-hydrogen) atoms. The quantitative estimate of drug-likeness (QED) is 0.589. The molecule has 2 heterocycles. The summed E-state index contributed by atoms with van der Waals surface area (Å²) in [6, 6.07) is 18.6. The van der Waals surface area contributed by atoms with E-state index in [9.17, 15) is 14.7 Å². The number of benzene rings is 2. The number of anilines is 2. The van der Waals surface area contributed by atoms with E-state index < -0.39 is 5.97 Å². The van der Waals surface area contributed by atoms with Crippen LogP contribution in [0.25, 0.3) is 10.4 Å².